The summed E-state index contributed by atoms with van der Waals surface area (Å²) in [6.45, 7) is 3.52. The van der Waals surface area contributed by atoms with Crippen LogP contribution in [0.5, 0.6) is 0 Å². The fraction of sp³-hybridized carbons (Fsp3) is 0.550. The van der Waals surface area contributed by atoms with Crippen LogP contribution < -0.4 is 16.0 Å². The van der Waals surface area contributed by atoms with E-state index in [4.69, 9.17) is 4.74 Å². The first-order chi connectivity index (χ1) is 13.5. The van der Waals surface area contributed by atoms with E-state index in [0.29, 0.717) is 31.1 Å². The summed E-state index contributed by atoms with van der Waals surface area (Å²) in [6, 6.07) is 5.82. The Labute approximate surface area is 163 Å². The van der Waals surface area contributed by atoms with Crippen molar-refractivity contribution in [3.05, 3.63) is 34.9 Å². The summed E-state index contributed by atoms with van der Waals surface area (Å²) in [5.41, 5.74) is 2.52. The largest absolute Gasteiger partial charge is 0.371 e. The van der Waals surface area contributed by atoms with Crippen molar-refractivity contribution in [2.75, 3.05) is 19.7 Å². The van der Waals surface area contributed by atoms with Gasteiger partial charge in [0.2, 0.25) is 11.8 Å². The standard InChI is InChI=1S/C20H24N4O4/c25-17-4-3-16(18(26)23-17)24-8-13-2-1-12(5-15(13)19(24)27)7-21-10-20-6-14(9-28-20)22-11-20/h1-2,5,14,16,21-22H,3-4,6-11H2,(H,23,25,26). The second-order valence-electron chi connectivity index (χ2n) is 8.27. The van der Waals surface area contributed by atoms with E-state index in [1.54, 1.807) is 4.90 Å². The minimum absolute atomic E-state index is 0.0974. The topological polar surface area (TPSA) is 99.8 Å². The van der Waals surface area contributed by atoms with Crippen LogP contribution in [-0.4, -0.2) is 60.0 Å². The number of fused-ring (bicyclic) bond motifs is 3. The number of carbonyl (C=O) groups is 3. The summed E-state index contributed by atoms with van der Waals surface area (Å²) >= 11 is 0. The lowest BCUT2D eigenvalue weighted by Gasteiger charge is -2.29. The SMILES string of the molecule is O=C1CCC(N2Cc3ccc(CNCC45CNC(CO4)C5)cc3C2=O)C(=O)N1. The Balaban J connectivity index is 1.23. The Morgan fingerprint density at radius 2 is 2.18 bits per heavy atom. The van der Waals surface area contributed by atoms with Crippen LogP contribution in [0.4, 0.5) is 0 Å². The quantitative estimate of drug-likeness (QED) is 0.601. The zero-order valence-electron chi connectivity index (χ0n) is 15.6. The Morgan fingerprint density at radius 3 is 2.89 bits per heavy atom. The Kier molecular flexibility index (Phi) is 4.22. The molecule has 148 valence electrons. The van der Waals surface area contributed by atoms with E-state index in [-0.39, 0.29) is 29.7 Å². The van der Waals surface area contributed by atoms with Crippen molar-refractivity contribution < 1.29 is 19.1 Å². The number of amides is 3. The molecule has 3 unspecified atom stereocenters. The highest BCUT2D eigenvalue weighted by molar-refractivity contribution is 6.05. The Hall–Kier alpha value is -2.29. The maximum atomic E-state index is 12.9. The molecule has 5 rings (SSSR count). The molecular weight excluding hydrogens is 360 g/mol. The van der Waals surface area contributed by atoms with Gasteiger partial charge in [-0.2, -0.15) is 0 Å². The van der Waals surface area contributed by atoms with Gasteiger partial charge in [-0.3, -0.25) is 19.7 Å². The van der Waals surface area contributed by atoms with Crippen molar-refractivity contribution in [3.8, 4) is 0 Å². The predicted octanol–water partition coefficient (Wildman–Crippen LogP) is -0.332. The number of benzene rings is 1. The number of rotatable bonds is 5. The number of piperidine rings is 1. The summed E-state index contributed by atoms with van der Waals surface area (Å²) in [6.07, 6.45) is 1.70. The van der Waals surface area contributed by atoms with E-state index in [0.717, 1.165) is 37.2 Å². The number of morpholine rings is 1. The molecule has 28 heavy (non-hydrogen) atoms. The number of imide groups is 1. The molecule has 3 atom stereocenters. The molecule has 1 aromatic carbocycles. The zero-order chi connectivity index (χ0) is 19.3. The minimum Gasteiger partial charge on any atom is -0.371 e. The van der Waals surface area contributed by atoms with Gasteiger partial charge in [-0.15, -0.1) is 0 Å². The highest BCUT2D eigenvalue weighted by Crippen LogP contribution is 2.31. The van der Waals surface area contributed by atoms with Gasteiger partial charge < -0.3 is 20.3 Å². The maximum absolute atomic E-state index is 12.9. The van der Waals surface area contributed by atoms with Crippen LogP contribution in [0.1, 0.15) is 40.7 Å². The molecule has 4 aliphatic rings. The molecule has 3 amide bonds. The summed E-state index contributed by atoms with van der Waals surface area (Å²) in [5.74, 6) is -0.779. The average Bonchev–Trinajstić information content (AvgIpc) is 3.36. The molecule has 0 radical (unpaired) electrons. The van der Waals surface area contributed by atoms with Gasteiger partial charge in [0.15, 0.2) is 0 Å². The molecule has 4 heterocycles. The van der Waals surface area contributed by atoms with E-state index in [1.165, 1.54) is 0 Å². The van der Waals surface area contributed by atoms with Gasteiger partial charge in [0.05, 0.1) is 12.2 Å². The molecule has 4 aliphatic heterocycles. The molecule has 3 N–H and O–H groups in total. The van der Waals surface area contributed by atoms with Gasteiger partial charge in [-0.05, 0) is 30.0 Å². The van der Waals surface area contributed by atoms with Crippen molar-refractivity contribution >= 4 is 17.7 Å². The Morgan fingerprint density at radius 1 is 1.29 bits per heavy atom. The zero-order valence-corrected chi connectivity index (χ0v) is 15.6. The molecule has 0 aliphatic carbocycles. The number of nitrogens with one attached hydrogen (secondary N) is 3. The molecule has 8 heteroatoms. The number of hydrogen-bond donors (Lipinski definition) is 3. The smallest absolute Gasteiger partial charge is 0.255 e. The third kappa shape index (κ3) is 3.01. The molecule has 3 saturated heterocycles. The lowest BCUT2D eigenvalue weighted by atomic mass is 10.0. The maximum Gasteiger partial charge on any atom is 0.255 e. The fourth-order valence-electron chi connectivity index (χ4n) is 4.76. The predicted molar refractivity (Wildman–Crippen MR) is 99.3 cm³/mol. The van der Waals surface area contributed by atoms with Crippen LogP contribution in [0.25, 0.3) is 0 Å². The van der Waals surface area contributed by atoms with Gasteiger partial charge in [0.1, 0.15) is 6.04 Å². The van der Waals surface area contributed by atoms with Crippen molar-refractivity contribution in [2.45, 2.75) is 50.0 Å². The van der Waals surface area contributed by atoms with Gasteiger partial charge in [0.25, 0.3) is 5.91 Å². The first kappa shape index (κ1) is 17.8. The summed E-state index contributed by atoms with van der Waals surface area (Å²) in [7, 11) is 0. The molecule has 0 saturated carbocycles. The number of carbonyl (C=O) groups excluding carboxylic acids is 3. The molecule has 3 fully saturated rings. The first-order valence-corrected chi connectivity index (χ1v) is 9.88. The van der Waals surface area contributed by atoms with Crippen LogP contribution in [0.3, 0.4) is 0 Å². The summed E-state index contributed by atoms with van der Waals surface area (Å²) in [5, 5.41) is 9.26. The monoisotopic (exact) mass is 384 g/mol. The van der Waals surface area contributed by atoms with Crippen LogP contribution >= 0.6 is 0 Å². The second kappa shape index (κ2) is 6.65. The van der Waals surface area contributed by atoms with Gasteiger partial charge in [-0.1, -0.05) is 12.1 Å². The van der Waals surface area contributed by atoms with Crippen molar-refractivity contribution in [1.29, 1.82) is 0 Å². The molecule has 0 aromatic heterocycles. The number of nitrogens with zero attached hydrogens (tertiary/aromatic N) is 1. The highest BCUT2D eigenvalue weighted by Gasteiger charge is 2.45. The van der Waals surface area contributed by atoms with Gasteiger partial charge in [-0.25, -0.2) is 0 Å². The van der Waals surface area contributed by atoms with E-state index in [9.17, 15) is 14.4 Å². The Bertz CT molecular complexity index is 847. The third-order valence-electron chi connectivity index (χ3n) is 6.29. The van der Waals surface area contributed by atoms with E-state index < -0.39 is 6.04 Å². The van der Waals surface area contributed by atoms with Crippen LogP contribution in [0.2, 0.25) is 0 Å². The van der Waals surface area contributed by atoms with Crippen LogP contribution in [0.15, 0.2) is 18.2 Å². The first-order valence-electron chi connectivity index (χ1n) is 9.88. The number of ether oxygens (including phenoxy) is 1. The molecule has 8 nitrogen and oxygen atoms in total. The fourth-order valence-corrected chi connectivity index (χ4v) is 4.76. The average molecular weight is 384 g/mol. The molecule has 0 spiro atoms. The van der Waals surface area contributed by atoms with Crippen LogP contribution in [-0.2, 0) is 27.4 Å². The molecule has 2 bridgehead atoms. The summed E-state index contributed by atoms with van der Waals surface area (Å²) in [4.78, 5) is 38.0. The third-order valence-corrected chi connectivity index (χ3v) is 6.29. The highest BCUT2D eigenvalue weighted by atomic mass is 16.5. The lowest BCUT2D eigenvalue weighted by Crippen LogP contribution is -2.52. The van der Waals surface area contributed by atoms with Gasteiger partial charge >= 0.3 is 0 Å². The minimum atomic E-state index is -0.569. The van der Waals surface area contributed by atoms with E-state index in [2.05, 4.69) is 16.0 Å². The van der Waals surface area contributed by atoms with Crippen LogP contribution in [0, 0.1) is 0 Å². The van der Waals surface area contributed by atoms with Crippen molar-refractivity contribution in [3.63, 3.8) is 0 Å². The van der Waals surface area contributed by atoms with Gasteiger partial charge in [0, 0.05) is 44.2 Å². The summed E-state index contributed by atoms with van der Waals surface area (Å²) < 4.78 is 5.92. The van der Waals surface area contributed by atoms with Crippen molar-refractivity contribution in [2.24, 2.45) is 0 Å². The van der Waals surface area contributed by atoms with E-state index >= 15 is 0 Å². The molecule has 1 aromatic rings. The molecular formula is C20H24N4O4. The lowest BCUT2D eigenvalue weighted by molar-refractivity contribution is -0.136. The van der Waals surface area contributed by atoms with E-state index in [1.807, 2.05) is 18.2 Å². The normalized spacial score (nSPS) is 31.4. The van der Waals surface area contributed by atoms with Crippen molar-refractivity contribution in [1.82, 2.24) is 20.9 Å². The number of hydrogen-bond acceptors (Lipinski definition) is 6. The second-order valence-corrected chi connectivity index (χ2v) is 8.27.